The Morgan fingerprint density at radius 2 is 2.11 bits per heavy atom. The Balaban J connectivity index is 1.66. The number of amides is 1. The SMILES string of the molecule is CC(C)(C)c1nc(C#N)c(N2CCC(C(=O)Nc3c[nH]ccc3=O)CC2)o1. The summed E-state index contributed by atoms with van der Waals surface area (Å²) in [6.07, 6.45) is 4.21. The van der Waals surface area contributed by atoms with Crippen LogP contribution in [0, 0.1) is 17.2 Å². The van der Waals surface area contributed by atoms with Crippen molar-refractivity contribution in [3.8, 4) is 6.07 Å². The van der Waals surface area contributed by atoms with E-state index >= 15 is 0 Å². The highest BCUT2D eigenvalue weighted by molar-refractivity contribution is 5.92. The minimum atomic E-state index is -0.287. The number of anilines is 2. The van der Waals surface area contributed by atoms with E-state index in [9.17, 15) is 14.9 Å². The number of carbonyl (C=O) groups excluding carboxylic acids is 1. The summed E-state index contributed by atoms with van der Waals surface area (Å²) in [5.41, 5.74) is 0.0140. The molecule has 142 valence electrons. The van der Waals surface area contributed by atoms with Crippen molar-refractivity contribution in [2.75, 3.05) is 23.3 Å². The number of carbonyl (C=O) groups is 1. The van der Waals surface area contributed by atoms with E-state index in [4.69, 9.17) is 4.42 Å². The molecular weight excluding hydrogens is 346 g/mol. The van der Waals surface area contributed by atoms with Crippen molar-refractivity contribution >= 4 is 17.5 Å². The zero-order chi connectivity index (χ0) is 19.6. The highest BCUT2D eigenvalue weighted by Gasteiger charge is 2.31. The molecule has 2 N–H and O–H groups in total. The third-order valence-electron chi connectivity index (χ3n) is 4.59. The number of nitriles is 1. The van der Waals surface area contributed by atoms with Gasteiger partial charge in [0.1, 0.15) is 11.8 Å². The number of pyridine rings is 1. The van der Waals surface area contributed by atoms with Crippen molar-refractivity contribution in [2.45, 2.75) is 39.0 Å². The van der Waals surface area contributed by atoms with Gasteiger partial charge >= 0.3 is 0 Å². The highest BCUT2D eigenvalue weighted by Crippen LogP contribution is 2.31. The molecule has 0 aromatic carbocycles. The molecule has 1 amide bonds. The van der Waals surface area contributed by atoms with Gasteiger partial charge in [0, 0.05) is 42.9 Å². The lowest BCUT2D eigenvalue weighted by Crippen LogP contribution is -2.38. The third-order valence-corrected chi connectivity index (χ3v) is 4.59. The molecule has 0 unspecified atom stereocenters. The van der Waals surface area contributed by atoms with Crippen molar-refractivity contribution in [3.05, 3.63) is 40.3 Å². The number of nitrogens with zero attached hydrogens (tertiary/aromatic N) is 3. The lowest BCUT2D eigenvalue weighted by Gasteiger charge is -2.31. The van der Waals surface area contributed by atoms with Crippen molar-refractivity contribution in [2.24, 2.45) is 5.92 Å². The van der Waals surface area contributed by atoms with Crippen molar-refractivity contribution < 1.29 is 9.21 Å². The largest absolute Gasteiger partial charge is 0.423 e. The summed E-state index contributed by atoms with van der Waals surface area (Å²) < 4.78 is 5.86. The van der Waals surface area contributed by atoms with Crippen LogP contribution < -0.4 is 15.6 Å². The van der Waals surface area contributed by atoms with E-state index in [0.717, 1.165) is 0 Å². The van der Waals surface area contributed by atoms with Crippen LogP contribution in [0.5, 0.6) is 0 Å². The summed E-state index contributed by atoms with van der Waals surface area (Å²) in [7, 11) is 0. The maximum Gasteiger partial charge on any atom is 0.234 e. The predicted molar refractivity (Wildman–Crippen MR) is 101 cm³/mol. The van der Waals surface area contributed by atoms with Gasteiger partial charge < -0.3 is 19.6 Å². The molecule has 0 radical (unpaired) electrons. The van der Waals surface area contributed by atoms with Crippen LogP contribution in [0.1, 0.15) is 45.2 Å². The maximum atomic E-state index is 12.5. The number of hydrogen-bond donors (Lipinski definition) is 2. The number of aromatic nitrogens is 2. The first-order valence-corrected chi connectivity index (χ1v) is 8.94. The molecule has 0 aliphatic carbocycles. The van der Waals surface area contributed by atoms with E-state index in [1.807, 2.05) is 25.7 Å². The first-order valence-electron chi connectivity index (χ1n) is 8.94. The fraction of sp³-hybridized carbons (Fsp3) is 0.474. The van der Waals surface area contributed by atoms with E-state index in [0.29, 0.717) is 37.7 Å². The van der Waals surface area contributed by atoms with E-state index < -0.39 is 0 Å². The first kappa shape index (κ1) is 18.7. The van der Waals surface area contributed by atoms with Gasteiger partial charge in [0.05, 0.1) is 0 Å². The standard InChI is InChI=1S/C19H23N5O3/c1-19(2,3)18-23-13(10-20)17(27-18)24-8-5-12(6-9-24)16(26)22-14-11-21-7-4-15(14)25/h4,7,11-12H,5-6,8-9H2,1-3H3,(H,21,25)(H,22,26). The number of hydrogen-bond acceptors (Lipinski definition) is 6. The summed E-state index contributed by atoms with van der Waals surface area (Å²) >= 11 is 0. The molecule has 0 atom stereocenters. The van der Waals surface area contributed by atoms with E-state index in [1.165, 1.54) is 18.5 Å². The number of oxazole rings is 1. The molecule has 2 aromatic heterocycles. The number of H-pyrrole nitrogens is 1. The molecule has 27 heavy (non-hydrogen) atoms. The Labute approximate surface area is 157 Å². The summed E-state index contributed by atoms with van der Waals surface area (Å²) in [4.78, 5) is 33.2. The second kappa shape index (κ2) is 7.27. The Morgan fingerprint density at radius 1 is 1.41 bits per heavy atom. The minimum Gasteiger partial charge on any atom is -0.423 e. The molecular formula is C19H23N5O3. The van der Waals surface area contributed by atoms with E-state index in [1.54, 1.807) is 0 Å². The zero-order valence-corrected chi connectivity index (χ0v) is 15.7. The molecule has 1 fully saturated rings. The molecule has 3 rings (SSSR count). The number of nitrogens with one attached hydrogen (secondary N) is 2. The second-order valence-electron chi connectivity index (χ2n) is 7.71. The number of rotatable bonds is 3. The van der Waals surface area contributed by atoms with Gasteiger partial charge in [0.25, 0.3) is 0 Å². The van der Waals surface area contributed by atoms with Gasteiger partial charge in [-0.3, -0.25) is 9.59 Å². The molecule has 1 aliphatic rings. The van der Waals surface area contributed by atoms with Crippen LogP contribution in [0.25, 0.3) is 0 Å². The van der Waals surface area contributed by atoms with E-state index in [2.05, 4.69) is 21.4 Å². The summed E-state index contributed by atoms with van der Waals surface area (Å²) in [5, 5.41) is 12.1. The van der Waals surface area contributed by atoms with E-state index in [-0.39, 0.29) is 34.1 Å². The third kappa shape index (κ3) is 4.03. The predicted octanol–water partition coefficient (Wildman–Crippen LogP) is 2.39. The molecule has 2 aromatic rings. The number of piperidine rings is 1. The maximum absolute atomic E-state index is 12.5. The lowest BCUT2D eigenvalue weighted by atomic mass is 9.96. The van der Waals surface area contributed by atoms with Crippen LogP contribution in [0.2, 0.25) is 0 Å². The topological polar surface area (TPSA) is 115 Å². The Kier molecular flexibility index (Phi) is 5.04. The molecule has 8 nitrogen and oxygen atoms in total. The lowest BCUT2D eigenvalue weighted by molar-refractivity contribution is -0.120. The fourth-order valence-electron chi connectivity index (χ4n) is 3.01. The van der Waals surface area contributed by atoms with Crippen LogP contribution in [-0.4, -0.2) is 29.0 Å². The second-order valence-corrected chi connectivity index (χ2v) is 7.71. The first-order chi connectivity index (χ1) is 12.8. The quantitative estimate of drug-likeness (QED) is 0.858. The van der Waals surface area contributed by atoms with Crippen LogP contribution in [-0.2, 0) is 10.2 Å². The smallest absolute Gasteiger partial charge is 0.234 e. The van der Waals surface area contributed by atoms with Gasteiger partial charge in [-0.1, -0.05) is 20.8 Å². The van der Waals surface area contributed by atoms with Gasteiger partial charge in [-0.15, -0.1) is 0 Å². The van der Waals surface area contributed by atoms with Crippen molar-refractivity contribution in [1.29, 1.82) is 5.26 Å². The summed E-state index contributed by atoms with van der Waals surface area (Å²) in [6.45, 7) is 7.09. The van der Waals surface area contributed by atoms with Crippen molar-refractivity contribution in [3.63, 3.8) is 0 Å². The molecule has 1 saturated heterocycles. The van der Waals surface area contributed by atoms with Gasteiger partial charge in [-0.25, -0.2) is 0 Å². The van der Waals surface area contributed by atoms with Crippen LogP contribution in [0.3, 0.4) is 0 Å². The van der Waals surface area contributed by atoms with Crippen LogP contribution in [0.4, 0.5) is 11.6 Å². The summed E-state index contributed by atoms with van der Waals surface area (Å²) in [6, 6.07) is 3.47. The molecule has 8 heteroatoms. The molecule has 1 aliphatic heterocycles. The monoisotopic (exact) mass is 369 g/mol. The zero-order valence-electron chi connectivity index (χ0n) is 15.7. The van der Waals surface area contributed by atoms with Gasteiger partial charge in [-0.2, -0.15) is 10.2 Å². The van der Waals surface area contributed by atoms with Gasteiger partial charge in [-0.05, 0) is 12.8 Å². The molecule has 0 bridgehead atoms. The fourth-order valence-corrected chi connectivity index (χ4v) is 3.01. The Morgan fingerprint density at radius 3 is 2.70 bits per heavy atom. The van der Waals surface area contributed by atoms with Gasteiger partial charge in [0.15, 0.2) is 0 Å². The summed E-state index contributed by atoms with van der Waals surface area (Å²) in [5.74, 6) is 0.634. The van der Waals surface area contributed by atoms with Crippen LogP contribution >= 0.6 is 0 Å². The van der Waals surface area contributed by atoms with Crippen molar-refractivity contribution in [1.82, 2.24) is 9.97 Å². The number of aromatic amines is 1. The minimum absolute atomic E-state index is 0.167. The highest BCUT2D eigenvalue weighted by atomic mass is 16.4. The average Bonchev–Trinajstić information content (AvgIpc) is 3.08. The van der Waals surface area contributed by atoms with Gasteiger partial charge in [0.2, 0.25) is 28.8 Å². The molecule has 3 heterocycles. The molecule has 0 saturated carbocycles. The van der Waals surface area contributed by atoms with Crippen LogP contribution in [0.15, 0.2) is 27.7 Å². The normalized spacial score (nSPS) is 15.4. The Hall–Kier alpha value is -3.08. The average molecular weight is 369 g/mol. The molecule has 0 spiro atoms. The Bertz CT molecular complexity index is 924.